The van der Waals surface area contributed by atoms with Crippen LogP contribution in [-0.2, 0) is 17.1 Å². The van der Waals surface area contributed by atoms with Crippen LogP contribution in [0.25, 0.3) is 10.8 Å². The van der Waals surface area contributed by atoms with Gasteiger partial charge in [-0.3, -0.25) is 4.79 Å². The molecule has 1 saturated heterocycles. The number of hydrogen-bond acceptors (Lipinski definition) is 4. The summed E-state index contributed by atoms with van der Waals surface area (Å²) in [5, 5.41) is 4.10. The predicted octanol–water partition coefficient (Wildman–Crippen LogP) is 3.44. The van der Waals surface area contributed by atoms with E-state index >= 15 is 0 Å². The van der Waals surface area contributed by atoms with Crippen molar-refractivity contribution < 1.29 is 22.6 Å². The average Bonchev–Trinajstić information content (AvgIpc) is 3.35. The SMILES string of the molecule is Cc1ccccc1C(=O)Nc1ccc(S(=O)(=O)NC2CCN(C(=O)n3cc[n+](C)c3)CC2)c2ccccc12. The summed E-state index contributed by atoms with van der Waals surface area (Å²) in [6.07, 6.45) is 6.23. The number of benzene rings is 3. The molecule has 10 heteroatoms. The van der Waals surface area contributed by atoms with Crippen molar-refractivity contribution in [1.29, 1.82) is 0 Å². The topological polar surface area (TPSA) is 104 Å². The number of nitrogens with zero attached hydrogens (tertiary/aromatic N) is 3. The van der Waals surface area contributed by atoms with E-state index in [9.17, 15) is 18.0 Å². The Hall–Kier alpha value is -4.02. The standard InChI is InChI=1S/C28H29N5O4S/c1-20-7-3-4-8-22(20)27(34)29-25-11-12-26(24-10-6-5-9-23(24)25)38(36,37)30-21-13-15-32(16-14-21)28(35)33-18-17-31(2)19-33/h3-12,17-19,21,30H,13-16H2,1-2H3/p+1. The number of amides is 2. The molecule has 9 nitrogen and oxygen atoms in total. The normalized spacial score (nSPS) is 14.5. The molecular formula is C28H30N5O4S+. The van der Waals surface area contributed by atoms with Crippen molar-refractivity contribution in [3.8, 4) is 0 Å². The zero-order valence-electron chi connectivity index (χ0n) is 21.3. The number of carbonyl (C=O) groups excluding carboxylic acids is 2. The Labute approximate surface area is 221 Å². The molecule has 1 aliphatic rings. The van der Waals surface area contributed by atoms with Gasteiger partial charge in [-0.1, -0.05) is 42.5 Å². The van der Waals surface area contributed by atoms with Gasteiger partial charge in [-0.25, -0.2) is 22.5 Å². The van der Waals surface area contributed by atoms with Gasteiger partial charge < -0.3 is 10.2 Å². The first-order chi connectivity index (χ1) is 18.2. The highest BCUT2D eigenvalue weighted by molar-refractivity contribution is 7.89. The van der Waals surface area contributed by atoms with E-state index in [4.69, 9.17) is 0 Å². The van der Waals surface area contributed by atoms with Gasteiger partial charge in [0.05, 0.1) is 11.9 Å². The van der Waals surface area contributed by atoms with Crippen molar-refractivity contribution in [3.63, 3.8) is 0 Å². The van der Waals surface area contributed by atoms with Gasteiger partial charge in [-0.05, 0) is 43.5 Å². The number of aryl methyl sites for hydroxylation is 2. The number of anilines is 1. The van der Waals surface area contributed by atoms with Crippen LogP contribution in [0.4, 0.5) is 10.5 Å². The highest BCUT2D eigenvalue weighted by Gasteiger charge is 2.30. The Bertz CT molecular complexity index is 1620. The summed E-state index contributed by atoms with van der Waals surface area (Å²) in [6, 6.07) is 17.2. The maximum absolute atomic E-state index is 13.5. The summed E-state index contributed by atoms with van der Waals surface area (Å²) in [6.45, 7) is 2.78. The van der Waals surface area contributed by atoms with Gasteiger partial charge in [-0.2, -0.15) is 4.57 Å². The zero-order valence-corrected chi connectivity index (χ0v) is 22.1. The molecule has 0 atom stereocenters. The second kappa shape index (κ2) is 10.4. The summed E-state index contributed by atoms with van der Waals surface area (Å²) in [5.74, 6) is -0.253. The number of piperidine rings is 1. The van der Waals surface area contributed by atoms with Crippen molar-refractivity contribution >= 4 is 38.4 Å². The lowest BCUT2D eigenvalue weighted by Crippen LogP contribution is -2.47. The van der Waals surface area contributed by atoms with Crippen LogP contribution < -0.4 is 14.6 Å². The summed E-state index contributed by atoms with van der Waals surface area (Å²) < 4.78 is 33.1. The molecule has 2 heterocycles. The molecule has 38 heavy (non-hydrogen) atoms. The Morgan fingerprint density at radius 3 is 2.32 bits per heavy atom. The average molecular weight is 533 g/mol. The van der Waals surface area contributed by atoms with Crippen molar-refractivity contribution in [3.05, 3.63) is 90.5 Å². The summed E-state index contributed by atoms with van der Waals surface area (Å²) in [7, 11) is -2.01. The van der Waals surface area contributed by atoms with Crippen molar-refractivity contribution in [2.24, 2.45) is 7.05 Å². The largest absolute Gasteiger partial charge is 0.415 e. The summed E-state index contributed by atoms with van der Waals surface area (Å²) in [4.78, 5) is 27.5. The molecule has 2 amide bonds. The third kappa shape index (κ3) is 5.18. The lowest BCUT2D eigenvalue weighted by Gasteiger charge is -2.30. The van der Waals surface area contributed by atoms with Crippen LogP contribution in [0, 0.1) is 6.92 Å². The maximum atomic E-state index is 13.5. The number of carbonyl (C=O) groups is 2. The molecule has 0 unspecified atom stereocenters. The molecule has 0 saturated carbocycles. The number of fused-ring (bicyclic) bond motifs is 1. The highest BCUT2D eigenvalue weighted by Crippen LogP contribution is 2.30. The molecule has 196 valence electrons. The van der Waals surface area contributed by atoms with E-state index < -0.39 is 10.0 Å². The Balaban J connectivity index is 1.32. The van der Waals surface area contributed by atoms with E-state index in [2.05, 4.69) is 10.0 Å². The minimum atomic E-state index is -3.85. The smallest absolute Gasteiger partial charge is 0.321 e. The van der Waals surface area contributed by atoms with E-state index in [1.165, 1.54) is 10.6 Å². The first-order valence-electron chi connectivity index (χ1n) is 12.5. The van der Waals surface area contributed by atoms with E-state index in [1.807, 2.05) is 38.2 Å². The molecule has 0 radical (unpaired) electrons. The van der Waals surface area contributed by atoms with Gasteiger partial charge in [0, 0.05) is 41.2 Å². The molecule has 3 aromatic carbocycles. The fourth-order valence-electron chi connectivity index (χ4n) is 4.83. The van der Waals surface area contributed by atoms with Crippen LogP contribution in [0.2, 0.25) is 0 Å². The lowest BCUT2D eigenvalue weighted by molar-refractivity contribution is -0.670. The second-order valence-electron chi connectivity index (χ2n) is 9.58. The van der Waals surface area contributed by atoms with E-state index in [0.29, 0.717) is 48.0 Å². The van der Waals surface area contributed by atoms with E-state index in [-0.39, 0.29) is 22.9 Å². The van der Waals surface area contributed by atoms with Gasteiger partial charge in [0.25, 0.3) is 12.2 Å². The fourth-order valence-corrected chi connectivity index (χ4v) is 6.35. The van der Waals surface area contributed by atoms with E-state index in [1.54, 1.807) is 58.5 Å². The Morgan fingerprint density at radius 1 is 0.947 bits per heavy atom. The molecule has 4 aromatic rings. The van der Waals surface area contributed by atoms with Crippen molar-refractivity contribution in [1.82, 2.24) is 14.2 Å². The second-order valence-corrected chi connectivity index (χ2v) is 11.3. The number of imidazole rings is 1. The van der Waals surface area contributed by atoms with Crippen LogP contribution >= 0.6 is 0 Å². The Morgan fingerprint density at radius 2 is 1.63 bits per heavy atom. The maximum Gasteiger partial charge on any atom is 0.415 e. The molecule has 1 aromatic heterocycles. The lowest BCUT2D eigenvalue weighted by atomic mass is 10.1. The number of rotatable bonds is 5. The third-order valence-electron chi connectivity index (χ3n) is 6.89. The van der Waals surface area contributed by atoms with Crippen LogP contribution in [0.15, 0.2) is 84.3 Å². The number of nitrogens with one attached hydrogen (secondary N) is 2. The number of hydrogen-bond donors (Lipinski definition) is 2. The van der Waals surface area contributed by atoms with E-state index in [0.717, 1.165) is 5.56 Å². The summed E-state index contributed by atoms with van der Waals surface area (Å²) in [5.41, 5.74) is 1.95. The highest BCUT2D eigenvalue weighted by atomic mass is 32.2. The minimum absolute atomic E-state index is 0.124. The fraction of sp³-hybridized carbons (Fsp3) is 0.250. The molecule has 5 rings (SSSR count). The quantitative estimate of drug-likeness (QED) is 0.384. The molecule has 0 aliphatic carbocycles. The number of likely N-dealkylation sites (tertiary alicyclic amines) is 1. The van der Waals surface area contributed by atoms with Gasteiger partial charge in [-0.15, -0.1) is 0 Å². The van der Waals surface area contributed by atoms with Gasteiger partial charge in [0.1, 0.15) is 12.4 Å². The van der Waals surface area contributed by atoms with Crippen LogP contribution in [0.3, 0.4) is 0 Å². The number of sulfonamides is 1. The monoisotopic (exact) mass is 532 g/mol. The van der Waals surface area contributed by atoms with Crippen LogP contribution in [0.1, 0.15) is 28.8 Å². The third-order valence-corrected chi connectivity index (χ3v) is 8.47. The first-order valence-corrected chi connectivity index (χ1v) is 13.9. The van der Waals surface area contributed by atoms with Crippen LogP contribution in [-0.4, -0.2) is 49.0 Å². The first kappa shape index (κ1) is 25.6. The molecule has 1 fully saturated rings. The molecule has 0 bridgehead atoms. The van der Waals surface area contributed by atoms with Crippen molar-refractivity contribution in [2.45, 2.75) is 30.7 Å². The predicted molar refractivity (Wildman–Crippen MR) is 144 cm³/mol. The van der Waals surface area contributed by atoms with Crippen molar-refractivity contribution in [2.75, 3.05) is 18.4 Å². The zero-order chi connectivity index (χ0) is 26.9. The number of aromatic nitrogens is 2. The van der Waals surface area contributed by atoms with Gasteiger partial charge in [0.2, 0.25) is 10.0 Å². The molecular weight excluding hydrogens is 502 g/mol. The minimum Gasteiger partial charge on any atom is -0.321 e. The molecule has 2 N–H and O–H groups in total. The van der Waals surface area contributed by atoms with Gasteiger partial charge >= 0.3 is 6.03 Å². The van der Waals surface area contributed by atoms with Crippen LogP contribution in [0.5, 0.6) is 0 Å². The summed E-state index contributed by atoms with van der Waals surface area (Å²) >= 11 is 0. The Kier molecular flexibility index (Phi) is 7.00. The molecule has 1 aliphatic heterocycles. The van der Waals surface area contributed by atoms with Gasteiger partial charge in [0.15, 0.2) is 0 Å². The molecule has 0 spiro atoms.